The van der Waals surface area contributed by atoms with Crippen molar-refractivity contribution in [2.24, 2.45) is 0 Å². The lowest BCUT2D eigenvalue weighted by Gasteiger charge is -1.88. The quantitative estimate of drug-likeness (QED) is 0.711. The van der Waals surface area contributed by atoms with E-state index in [2.05, 4.69) is 25.3 Å². The zero-order valence-electron chi connectivity index (χ0n) is 8.84. The Morgan fingerprint density at radius 1 is 1.35 bits per heavy atom. The van der Waals surface area contributed by atoms with Gasteiger partial charge in [0.1, 0.15) is 0 Å². The Hall–Kier alpha value is -2.22. The smallest absolute Gasteiger partial charge is 0.295 e. The van der Waals surface area contributed by atoms with Gasteiger partial charge in [-0.05, 0) is 17.9 Å². The van der Waals surface area contributed by atoms with Crippen molar-refractivity contribution in [1.29, 1.82) is 0 Å². The largest absolute Gasteiger partial charge is 0.366 e. The van der Waals surface area contributed by atoms with Gasteiger partial charge >= 0.3 is 0 Å². The van der Waals surface area contributed by atoms with Crippen molar-refractivity contribution in [3.8, 4) is 23.1 Å². The van der Waals surface area contributed by atoms with Gasteiger partial charge in [-0.3, -0.25) is 5.10 Å². The van der Waals surface area contributed by atoms with Gasteiger partial charge in [0.25, 0.3) is 5.89 Å². The molecule has 0 fully saturated rings. The molecule has 86 valence electrons. The number of nitrogens with two attached hydrogens (primary N) is 1. The van der Waals surface area contributed by atoms with Crippen LogP contribution in [0.5, 0.6) is 0 Å². The summed E-state index contributed by atoms with van der Waals surface area (Å²) in [6.07, 6.45) is 0. The van der Waals surface area contributed by atoms with Crippen LogP contribution < -0.4 is 5.73 Å². The normalized spacial score (nSPS) is 10.9. The van der Waals surface area contributed by atoms with E-state index in [-0.39, 0.29) is 11.8 Å². The topological polar surface area (TPSA) is 107 Å². The maximum absolute atomic E-state index is 5.40. The number of H-pyrrole nitrogens is 1. The maximum atomic E-state index is 5.40. The number of anilines is 1. The van der Waals surface area contributed by atoms with E-state index in [1.165, 1.54) is 0 Å². The van der Waals surface area contributed by atoms with Crippen LogP contribution in [0.4, 0.5) is 5.95 Å². The third-order valence-electron chi connectivity index (χ3n) is 2.23. The van der Waals surface area contributed by atoms with Crippen molar-refractivity contribution in [2.75, 3.05) is 5.73 Å². The Balaban J connectivity index is 2.01. The van der Waals surface area contributed by atoms with Gasteiger partial charge in [0.15, 0.2) is 0 Å². The average molecular weight is 248 g/mol. The van der Waals surface area contributed by atoms with Gasteiger partial charge in [-0.25, -0.2) is 0 Å². The van der Waals surface area contributed by atoms with Crippen LogP contribution in [-0.2, 0) is 0 Å². The first-order valence-electron chi connectivity index (χ1n) is 4.79. The molecule has 0 unspecified atom stereocenters. The number of aromatic nitrogens is 5. The lowest BCUT2D eigenvalue weighted by molar-refractivity contribution is 0.429. The Morgan fingerprint density at radius 2 is 2.24 bits per heavy atom. The molecule has 8 heteroatoms. The standard InChI is InChI=1S/C9H8N6OS/c1-4-2-17-3-5(4)6-11-8(16-15-6)7-12-9(10)14-13-7/h2-3H,1H3,(H3,10,12,13,14). The number of thiophene rings is 1. The van der Waals surface area contributed by atoms with Crippen LogP contribution in [0.15, 0.2) is 15.3 Å². The highest BCUT2D eigenvalue weighted by Gasteiger charge is 2.15. The summed E-state index contributed by atoms with van der Waals surface area (Å²) in [5, 5.41) is 14.2. The molecule has 3 aromatic rings. The molecule has 0 aliphatic heterocycles. The van der Waals surface area contributed by atoms with Crippen LogP contribution in [0.2, 0.25) is 0 Å². The van der Waals surface area contributed by atoms with Crippen molar-refractivity contribution in [3.05, 3.63) is 16.3 Å². The highest BCUT2D eigenvalue weighted by molar-refractivity contribution is 7.08. The van der Waals surface area contributed by atoms with E-state index >= 15 is 0 Å². The van der Waals surface area contributed by atoms with E-state index in [0.717, 1.165) is 11.1 Å². The summed E-state index contributed by atoms with van der Waals surface area (Å²) in [7, 11) is 0. The molecule has 3 N–H and O–H groups in total. The van der Waals surface area contributed by atoms with E-state index in [1.54, 1.807) is 11.3 Å². The third-order valence-corrected chi connectivity index (χ3v) is 3.09. The lowest BCUT2D eigenvalue weighted by Crippen LogP contribution is -1.85. The second-order valence-electron chi connectivity index (χ2n) is 3.43. The molecule has 0 amide bonds. The molecule has 0 spiro atoms. The minimum Gasteiger partial charge on any atom is -0.366 e. The van der Waals surface area contributed by atoms with Crippen LogP contribution in [-0.4, -0.2) is 25.3 Å². The van der Waals surface area contributed by atoms with Crippen molar-refractivity contribution < 1.29 is 4.52 Å². The van der Waals surface area contributed by atoms with Crippen LogP contribution in [0, 0.1) is 6.92 Å². The average Bonchev–Trinajstić information content (AvgIpc) is 2.97. The van der Waals surface area contributed by atoms with Crippen molar-refractivity contribution in [1.82, 2.24) is 25.3 Å². The third kappa shape index (κ3) is 1.68. The fourth-order valence-corrected chi connectivity index (χ4v) is 2.22. The van der Waals surface area contributed by atoms with Gasteiger partial charge in [0.2, 0.25) is 17.6 Å². The second kappa shape index (κ2) is 3.67. The minimum atomic E-state index is 0.145. The number of nitrogens with zero attached hydrogens (tertiary/aromatic N) is 4. The molecule has 3 heterocycles. The summed E-state index contributed by atoms with van der Waals surface area (Å²) >= 11 is 1.59. The summed E-state index contributed by atoms with van der Waals surface area (Å²) in [4.78, 5) is 8.15. The van der Waals surface area contributed by atoms with Crippen LogP contribution >= 0.6 is 11.3 Å². The van der Waals surface area contributed by atoms with E-state index in [9.17, 15) is 0 Å². The molecule has 0 aliphatic rings. The molecule has 0 bridgehead atoms. The van der Waals surface area contributed by atoms with Gasteiger partial charge in [-0.1, -0.05) is 5.16 Å². The SMILES string of the molecule is Cc1cscc1-c1noc(-c2nc(N)n[nH]2)n1. The summed E-state index contributed by atoms with van der Waals surface area (Å²) in [5.74, 6) is 1.32. The lowest BCUT2D eigenvalue weighted by atomic mass is 10.2. The Kier molecular flexibility index (Phi) is 2.15. The fraction of sp³-hybridized carbons (Fsp3) is 0.111. The van der Waals surface area contributed by atoms with Crippen molar-refractivity contribution in [3.63, 3.8) is 0 Å². The number of aryl methyl sites for hydroxylation is 1. The molecule has 7 nitrogen and oxygen atoms in total. The number of nitrogen functional groups attached to an aromatic ring is 1. The molecule has 0 aromatic carbocycles. The summed E-state index contributed by atoms with van der Waals surface area (Å²) in [5.41, 5.74) is 7.47. The summed E-state index contributed by atoms with van der Waals surface area (Å²) < 4.78 is 5.10. The molecule has 0 radical (unpaired) electrons. The first-order valence-corrected chi connectivity index (χ1v) is 5.73. The minimum absolute atomic E-state index is 0.145. The molecule has 3 aromatic heterocycles. The van der Waals surface area contributed by atoms with Crippen LogP contribution in [0.3, 0.4) is 0 Å². The first-order chi connectivity index (χ1) is 8.24. The molecule has 0 aliphatic carbocycles. The molecule has 3 rings (SSSR count). The molecule has 0 saturated heterocycles. The molecular weight excluding hydrogens is 240 g/mol. The number of aromatic amines is 1. The van der Waals surface area contributed by atoms with Gasteiger partial charge in [-0.2, -0.15) is 21.3 Å². The zero-order chi connectivity index (χ0) is 11.8. The highest BCUT2D eigenvalue weighted by Crippen LogP contribution is 2.25. The number of nitrogens with one attached hydrogen (secondary N) is 1. The van der Waals surface area contributed by atoms with Crippen molar-refractivity contribution >= 4 is 17.3 Å². The van der Waals surface area contributed by atoms with E-state index in [4.69, 9.17) is 10.3 Å². The Bertz CT molecular complexity index is 654. The highest BCUT2D eigenvalue weighted by atomic mass is 32.1. The predicted octanol–water partition coefficient (Wildman–Crippen LogP) is 1.47. The van der Waals surface area contributed by atoms with E-state index in [1.807, 2.05) is 17.7 Å². The van der Waals surface area contributed by atoms with Crippen LogP contribution in [0.25, 0.3) is 23.1 Å². The first kappa shape index (κ1) is 9.97. The number of hydrogen-bond acceptors (Lipinski definition) is 7. The summed E-state index contributed by atoms with van der Waals surface area (Å²) in [6.45, 7) is 1.99. The summed E-state index contributed by atoms with van der Waals surface area (Å²) in [6, 6.07) is 0. The molecule has 0 atom stereocenters. The maximum Gasteiger partial charge on any atom is 0.295 e. The van der Waals surface area contributed by atoms with Gasteiger partial charge in [-0.15, -0.1) is 5.10 Å². The van der Waals surface area contributed by atoms with E-state index in [0.29, 0.717) is 11.6 Å². The number of hydrogen-bond donors (Lipinski definition) is 2. The molecule has 0 saturated carbocycles. The van der Waals surface area contributed by atoms with Crippen LogP contribution in [0.1, 0.15) is 5.56 Å². The Morgan fingerprint density at radius 3 is 2.88 bits per heavy atom. The van der Waals surface area contributed by atoms with Gasteiger partial charge in [0.05, 0.1) is 0 Å². The van der Waals surface area contributed by atoms with Crippen molar-refractivity contribution in [2.45, 2.75) is 6.92 Å². The fourth-order valence-electron chi connectivity index (χ4n) is 1.39. The molecular formula is C9H8N6OS. The molecule has 17 heavy (non-hydrogen) atoms. The monoisotopic (exact) mass is 248 g/mol. The number of rotatable bonds is 2. The van der Waals surface area contributed by atoms with Gasteiger partial charge in [0, 0.05) is 10.9 Å². The predicted molar refractivity (Wildman–Crippen MR) is 62.1 cm³/mol. The van der Waals surface area contributed by atoms with Gasteiger partial charge < -0.3 is 10.3 Å². The Labute approximate surface area is 99.7 Å². The zero-order valence-corrected chi connectivity index (χ0v) is 9.65. The second-order valence-corrected chi connectivity index (χ2v) is 4.18. The van der Waals surface area contributed by atoms with E-state index < -0.39 is 0 Å².